The highest BCUT2D eigenvalue weighted by atomic mass is 16.3. The summed E-state index contributed by atoms with van der Waals surface area (Å²) in [6, 6.07) is 113. The lowest BCUT2D eigenvalue weighted by molar-refractivity contribution is 0.590. The average molecular weight is 1700 g/mol. The van der Waals surface area contributed by atoms with Crippen LogP contribution in [0.1, 0.15) is 46.9 Å². The van der Waals surface area contributed by atoms with Gasteiger partial charge in [0.1, 0.15) is 22.3 Å². The summed E-state index contributed by atoms with van der Waals surface area (Å²) in [7, 11) is 0. The van der Waals surface area contributed by atoms with Gasteiger partial charge < -0.3 is 32.3 Å². The van der Waals surface area contributed by atoms with Crippen molar-refractivity contribution >= 4 is 167 Å². The van der Waals surface area contributed by atoms with E-state index in [1.807, 2.05) is 91.0 Å². The summed E-state index contributed by atoms with van der Waals surface area (Å²) in [5, 5.41) is 4.32. The molecule has 132 heavy (non-hydrogen) atoms. The van der Waals surface area contributed by atoms with Crippen LogP contribution < -0.4 is 26.2 Å². The molecule has 0 bridgehead atoms. The smallest absolute Gasteiger partial charge is 0.252 e. The van der Waals surface area contributed by atoms with Crippen LogP contribution >= 0.6 is 0 Å². The first-order chi connectivity index (χ1) is 71.4. The third kappa shape index (κ3) is 11.5. The normalized spacial score (nSPS) is 14.2. The van der Waals surface area contributed by atoms with E-state index in [0.717, 1.165) is 176 Å². The molecular weight excluding hydrogens is 1600 g/mol. The SMILES string of the molecule is [2H]c1c([2H])c([2H])c2c(c1[2H])c1c([2H])c(-n3c4c([2H])c([2H])c([2H])c([2H])c4c4c([2H])c([2H])c([2H])c([2H])c43)c([2H])c([2H])c1n2-c1ccc2c(c1)N(c1c(-c3ccc(-c4ccccc4)cc3)cc(-c3ccccc3)c3oc4ccccc4c13)c1cc(C(C)(C)C)cc3c1B2c1cc(-c2ccccc2-n2c4ccccc4c4ccccc42)ccc1N3c1c(-c2ccc(-c3ccccc3)cc2)cc(-c2ccccc2)c2oc3ccccc3c12. The van der Waals surface area contributed by atoms with Crippen LogP contribution in [-0.2, 0) is 5.41 Å². The van der Waals surface area contributed by atoms with Crippen molar-refractivity contribution in [3.05, 3.63) is 448 Å². The molecule has 27 rings (SSSR count). The first kappa shape index (κ1) is 61.5. The molecule has 7 heterocycles. The van der Waals surface area contributed by atoms with Crippen LogP contribution in [0.2, 0.25) is 0 Å². The monoisotopic (exact) mass is 1700 g/mol. The Kier molecular flexibility index (Phi) is 13.6. The van der Waals surface area contributed by atoms with Crippen molar-refractivity contribution in [2.24, 2.45) is 0 Å². The van der Waals surface area contributed by atoms with Gasteiger partial charge in [-0.05, 0) is 186 Å². The lowest BCUT2D eigenvalue weighted by Gasteiger charge is -2.46. The molecular formula is C124H82BN5O2. The maximum Gasteiger partial charge on any atom is 0.252 e. The summed E-state index contributed by atoms with van der Waals surface area (Å²) >= 11 is 0. The molecule has 0 atom stereocenters. The first-order valence-electron chi connectivity index (χ1n) is 52.0. The molecule has 25 aromatic rings. The summed E-state index contributed by atoms with van der Waals surface area (Å²) in [6.07, 6.45) is 0. The quantitative estimate of drug-likeness (QED) is 0.114. The minimum atomic E-state index is -0.766. The van der Waals surface area contributed by atoms with Crippen molar-refractivity contribution in [3.63, 3.8) is 0 Å². The number of benzene rings is 20. The highest BCUT2D eigenvalue weighted by Crippen LogP contribution is 2.58. The van der Waals surface area contributed by atoms with E-state index in [-0.39, 0.29) is 38.3 Å². The van der Waals surface area contributed by atoms with E-state index in [0.29, 0.717) is 33.7 Å². The molecule has 0 unspecified atom stereocenters. The van der Waals surface area contributed by atoms with E-state index in [1.165, 1.54) is 0 Å². The van der Waals surface area contributed by atoms with Crippen molar-refractivity contribution in [1.82, 2.24) is 13.7 Å². The summed E-state index contributed by atoms with van der Waals surface area (Å²) in [5.74, 6) is 0. The Bertz CT molecular complexity index is 9930. The van der Waals surface area contributed by atoms with Gasteiger partial charge in [0.25, 0.3) is 6.71 Å². The van der Waals surface area contributed by atoms with Gasteiger partial charge in [-0.25, -0.2) is 0 Å². The minimum absolute atomic E-state index is 0.178. The van der Waals surface area contributed by atoms with Crippen LogP contribution in [0.15, 0.2) is 451 Å². The predicted octanol–water partition coefficient (Wildman–Crippen LogP) is 31.8. The number of nitrogens with zero attached hydrogens (tertiary/aromatic N) is 5. The standard InChI is InChI=1S/C124H82BN5O2/c1-124(2,3)86-71-113-119-114(72-86)130(121-98(84-62-58-80(59-63-84)78-34-10-5-11-35-78)76-100(82-38-14-7-15-39-82)123-118(121)96-47-23-31-55-116(96)132-123)112-74-88(127-107-51-27-21-45-94(107)101-73-87(66-69-110(101)127)126-105-49-25-17-41-90(105)91-42-18-26-50-106(91)126)65-67-102(112)125(119)103-70-85(89-40-16-24-48-104(89)128-108-52-28-19-43-92(108)93-44-20-29-53-109(93)128)64-68-111(103)129(113)120-97(83-60-56-79(57-61-83)77-32-8-4-9-33-77)75-99(81-36-12-6-13-37-81)122-117(120)95-46-22-30-54-115(95)131-122/h4-76H,1-3H3/i17D,18D,21D,25D,26D,27D,41D,42D,45D,49D,50D,51D,66D,69D,73D. The summed E-state index contributed by atoms with van der Waals surface area (Å²) in [4.78, 5) is 4.89. The van der Waals surface area contributed by atoms with Gasteiger partial charge in [0.2, 0.25) is 0 Å². The molecule has 8 heteroatoms. The number of rotatable bonds is 12. The summed E-state index contributed by atoms with van der Waals surface area (Å²) < 4.78 is 167. The zero-order valence-corrected chi connectivity index (χ0v) is 71.6. The lowest BCUT2D eigenvalue weighted by atomic mass is 9.33. The van der Waals surface area contributed by atoms with Gasteiger partial charge in [0.15, 0.2) is 0 Å². The topological polar surface area (TPSA) is 47.6 Å². The Morgan fingerprint density at radius 2 is 0.667 bits per heavy atom. The van der Waals surface area contributed by atoms with Crippen LogP contribution in [-0.4, -0.2) is 20.4 Å². The molecule has 618 valence electrons. The van der Waals surface area contributed by atoms with E-state index < -0.39 is 119 Å². The minimum Gasteiger partial charge on any atom is -0.455 e. The van der Waals surface area contributed by atoms with Crippen molar-refractivity contribution in [2.75, 3.05) is 9.80 Å². The van der Waals surface area contributed by atoms with Crippen LogP contribution in [0.25, 0.3) is 204 Å². The average Bonchev–Trinajstić information content (AvgIpc) is 1.67. The predicted molar refractivity (Wildman–Crippen MR) is 555 cm³/mol. The second-order valence-corrected chi connectivity index (χ2v) is 35.3. The molecule has 0 spiro atoms. The van der Waals surface area contributed by atoms with Gasteiger partial charge in [-0.2, -0.15) is 0 Å². The van der Waals surface area contributed by atoms with E-state index in [2.05, 4.69) is 296 Å². The Labute approximate surface area is 784 Å². The van der Waals surface area contributed by atoms with Crippen molar-refractivity contribution in [3.8, 4) is 95.0 Å². The second-order valence-electron chi connectivity index (χ2n) is 35.3. The molecule has 2 aliphatic rings. The van der Waals surface area contributed by atoms with Crippen molar-refractivity contribution in [2.45, 2.75) is 26.2 Å². The van der Waals surface area contributed by atoms with Crippen molar-refractivity contribution < 1.29 is 29.4 Å². The van der Waals surface area contributed by atoms with E-state index >= 15 is 0 Å². The molecule has 20 aromatic carbocycles. The molecule has 2 aliphatic heterocycles. The zero-order valence-electron chi connectivity index (χ0n) is 86.6. The van der Waals surface area contributed by atoms with Crippen LogP contribution in [0.3, 0.4) is 0 Å². The molecule has 5 aromatic heterocycles. The maximum atomic E-state index is 11.0. The number of aromatic nitrogens is 3. The Morgan fingerprint density at radius 1 is 0.258 bits per heavy atom. The lowest BCUT2D eigenvalue weighted by Crippen LogP contribution is -2.61. The maximum absolute atomic E-state index is 11.0. The van der Waals surface area contributed by atoms with Crippen LogP contribution in [0.4, 0.5) is 34.1 Å². The third-order valence-electron chi connectivity index (χ3n) is 27.1. The Morgan fingerprint density at radius 3 is 1.19 bits per heavy atom. The Balaban J connectivity index is 0.828. The number of anilines is 6. The van der Waals surface area contributed by atoms with Crippen LogP contribution in [0.5, 0.6) is 0 Å². The van der Waals surface area contributed by atoms with Gasteiger partial charge in [-0.15, -0.1) is 0 Å². The number of para-hydroxylation sites is 8. The molecule has 0 amide bonds. The number of hydrogen-bond donors (Lipinski definition) is 0. The fraction of sp³-hybridized carbons (Fsp3) is 0.0323. The molecule has 0 fully saturated rings. The molecule has 0 N–H and O–H groups in total. The molecule has 7 nitrogen and oxygen atoms in total. The van der Waals surface area contributed by atoms with E-state index in [4.69, 9.17) is 14.3 Å². The summed E-state index contributed by atoms with van der Waals surface area (Å²) in [6.45, 7) is 5.94. The van der Waals surface area contributed by atoms with Crippen LogP contribution in [0, 0.1) is 0 Å². The molecule has 0 saturated carbocycles. The van der Waals surface area contributed by atoms with Gasteiger partial charge >= 0.3 is 0 Å². The Hall–Kier alpha value is -16.9. The van der Waals surface area contributed by atoms with Gasteiger partial charge in [-0.3, -0.25) is 0 Å². The zero-order chi connectivity index (χ0) is 100. The van der Waals surface area contributed by atoms with E-state index in [1.54, 1.807) is 4.57 Å². The molecule has 0 aliphatic carbocycles. The van der Waals surface area contributed by atoms with Gasteiger partial charge in [-0.1, -0.05) is 354 Å². The van der Waals surface area contributed by atoms with Gasteiger partial charge in [0, 0.05) is 105 Å². The number of hydrogen-bond acceptors (Lipinski definition) is 4. The highest BCUT2D eigenvalue weighted by Gasteiger charge is 2.47. The molecule has 0 radical (unpaired) electrons. The van der Waals surface area contributed by atoms with Gasteiger partial charge in [0.05, 0.1) is 81.5 Å². The van der Waals surface area contributed by atoms with Crippen molar-refractivity contribution in [1.29, 1.82) is 0 Å². The number of furan rings is 2. The second kappa shape index (κ2) is 29.3. The number of fused-ring (bicyclic) bond motifs is 19. The fourth-order valence-corrected chi connectivity index (χ4v) is 21.1. The fourth-order valence-electron chi connectivity index (χ4n) is 21.1. The van der Waals surface area contributed by atoms with E-state index in [9.17, 15) is 15.1 Å². The summed E-state index contributed by atoms with van der Waals surface area (Å²) in [5.41, 5.74) is 24.2. The largest absolute Gasteiger partial charge is 0.455 e. The third-order valence-corrected chi connectivity index (χ3v) is 27.1. The molecule has 0 saturated heterocycles. The first-order valence-corrected chi connectivity index (χ1v) is 44.5. The highest BCUT2D eigenvalue weighted by molar-refractivity contribution is 7.00.